The lowest BCUT2D eigenvalue weighted by Gasteiger charge is -2.08. The van der Waals surface area contributed by atoms with Gasteiger partial charge in [-0.15, -0.1) is 10.2 Å². The number of nitrogens with zero attached hydrogens (tertiary/aromatic N) is 2. The molecule has 1 saturated carbocycles. The van der Waals surface area contributed by atoms with Gasteiger partial charge in [-0.2, -0.15) is 0 Å². The third-order valence-corrected chi connectivity index (χ3v) is 4.71. The fraction of sp³-hybridized carbons (Fsp3) is 0.357. The highest BCUT2D eigenvalue weighted by atomic mass is 79.9. The molecule has 1 amide bonds. The Morgan fingerprint density at radius 2 is 2.19 bits per heavy atom. The molecule has 1 aliphatic carbocycles. The second-order valence-corrected chi connectivity index (χ2v) is 7.04. The van der Waals surface area contributed by atoms with Gasteiger partial charge in [0.2, 0.25) is 11.8 Å². The maximum absolute atomic E-state index is 11.9. The standard InChI is InChI=1S/C14H14BrN3O2S/c1-8(12(19)16-9-6-7-9)21-14-18-17-13(20-14)10-4-2-3-5-11(10)15/h2-5,8-9H,6-7H2,1H3,(H,16,19). The Labute approximate surface area is 135 Å². The molecule has 0 aliphatic heterocycles. The van der Waals surface area contributed by atoms with E-state index in [0.717, 1.165) is 22.9 Å². The lowest BCUT2D eigenvalue weighted by atomic mass is 10.2. The van der Waals surface area contributed by atoms with Crippen LogP contribution in [-0.2, 0) is 4.79 Å². The van der Waals surface area contributed by atoms with Gasteiger partial charge in [0.1, 0.15) is 0 Å². The molecule has 110 valence electrons. The average Bonchev–Trinajstić information content (AvgIpc) is 3.16. The van der Waals surface area contributed by atoms with Crippen molar-refractivity contribution in [1.82, 2.24) is 15.5 Å². The normalized spacial score (nSPS) is 15.7. The molecule has 1 N–H and O–H groups in total. The largest absolute Gasteiger partial charge is 0.411 e. The Balaban J connectivity index is 1.67. The predicted octanol–water partition coefficient (Wildman–Crippen LogP) is 3.26. The summed E-state index contributed by atoms with van der Waals surface area (Å²) in [5.41, 5.74) is 0.840. The summed E-state index contributed by atoms with van der Waals surface area (Å²) in [6.45, 7) is 1.84. The van der Waals surface area contributed by atoms with Gasteiger partial charge < -0.3 is 9.73 Å². The van der Waals surface area contributed by atoms with Crippen LogP contribution in [0.4, 0.5) is 0 Å². The highest BCUT2D eigenvalue weighted by Gasteiger charge is 2.27. The quantitative estimate of drug-likeness (QED) is 0.821. The number of benzene rings is 1. The molecule has 1 aromatic heterocycles. The van der Waals surface area contributed by atoms with Gasteiger partial charge in [0, 0.05) is 10.5 Å². The number of halogens is 1. The van der Waals surface area contributed by atoms with Gasteiger partial charge in [-0.3, -0.25) is 4.79 Å². The summed E-state index contributed by atoms with van der Waals surface area (Å²) in [5.74, 6) is 0.461. The van der Waals surface area contributed by atoms with Crippen molar-refractivity contribution in [3.8, 4) is 11.5 Å². The van der Waals surface area contributed by atoms with Crippen LogP contribution in [0.1, 0.15) is 19.8 Å². The summed E-state index contributed by atoms with van der Waals surface area (Å²) in [5, 5.41) is 11.1. The van der Waals surface area contributed by atoms with Crippen molar-refractivity contribution in [2.75, 3.05) is 0 Å². The van der Waals surface area contributed by atoms with Gasteiger partial charge in [-0.1, -0.05) is 23.9 Å². The number of rotatable bonds is 5. The predicted molar refractivity (Wildman–Crippen MR) is 83.9 cm³/mol. The Bertz CT molecular complexity index is 657. The summed E-state index contributed by atoms with van der Waals surface area (Å²) >= 11 is 4.73. The maximum atomic E-state index is 11.9. The molecular weight excluding hydrogens is 354 g/mol. The molecule has 0 spiro atoms. The highest BCUT2D eigenvalue weighted by Crippen LogP contribution is 2.30. The van der Waals surface area contributed by atoms with E-state index in [0.29, 0.717) is 17.2 Å². The molecule has 1 atom stereocenters. The molecule has 1 aromatic carbocycles. The van der Waals surface area contributed by atoms with Crippen LogP contribution in [0.15, 0.2) is 38.4 Å². The van der Waals surface area contributed by atoms with Crippen molar-refractivity contribution < 1.29 is 9.21 Å². The molecule has 0 radical (unpaired) electrons. The van der Waals surface area contributed by atoms with Crippen LogP contribution in [0.5, 0.6) is 0 Å². The van der Waals surface area contributed by atoms with Crippen molar-refractivity contribution in [3.05, 3.63) is 28.7 Å². The summed E-state index contributed by atoms with van der Waals surface area (Å²) in [7, 11) is 0. The van der Waals surface area contributed by atoms with E-state index in [1.54, 1.807) is 0 Å². The van der Waals surface area contributed by atoms with Gasteiger partial charge in [-0.25, -0.2) is 0 Å². The van der Waals surface area contributed by atoms with Crippen LogP contribution >= 0.6 is 27.7 Å². The molecule has 0 saturated heterocycles. The zero-order chi connectivity index (χ0) is 14.8. The summed E-state index contributed by atoms with van der Waals surface area (Å²) in [4.78, 5) is 11.9. The molecule has 21 heavy (non-hydrogen) atoms. The molecule has 0 bridgehead atoms. The van der Waals surface area contributed by atoms with Crippen LogP contribution in [-0.4, -0.2) is 27.4 Å². The van der Waals surface area contributed by atoms with E-state index in [1.807, 2.05) is 31.2 Å². The van der Waals surface area contributed by atoms with Gasteiger partial charge in [-0.05, 0) is 47.8 Å². The third kappa shape index (κ3) is 3.65. The first kappa shape index (κ1) is 14.6. The Morgan fingerprint density at radius 1 is 1.43 bits per heavy atom. The lowest BCUT2D eigenvalue weighted by Crippen LogP contribution is -2.32. The minimum atomic E-state index is -0.252. The number of amides is 1. The van der Waals surface area contributed by atoms with Crippen LogP contribution in [0.25, 0.3) is 11.5 Å². The number of hydrogen-bond donors (Lipinski definition) is 1. The van der Waals surface area contributed by atoms with Gasteiger partial charge in [0.05, 0.1) is 10.8 Å². The summed E-state index contributed by atoms with van der Waals surface area (Å²) in [6, 6.07) is 8.00. The van der Waals surface area contributed by atoms with Gasteiger partial charge in [0.15, 0.2) is 0 Å². The number of aromatic nitrogens is 2. The molecule has 1 heterocycles. The zero-order valence-corrected chi connectivity index (χ0v) is 13.8. The maximum Gasteiger partial charge on any atom is 0.277 e. The van der Waals surface area contributed by atoms with E-state index in [2.05, 4.69) is 31.4 Å². The summed E-state index contributed by atoms with van der Waals surface area (Å²) < 4.78 is 6.52. The molecule has 1 aliphatic rings. The van der Waals surface area contributed by atoms with E-state index in [9.17, 15) is 4.79 Å². The Hall–Kier alpha value is -1.34. The van der Waals surface area contributed by atoms with E-state index in [4.69, 9.17) is 4.42 Å². The van der Waals surface area contributed by atoms with E-state index in [-0.39, 0.29) is 11.2 Å². The topological polar surface area (TPSA) is 68.0 Å². The first-order valence-corrected chi connectivity index (χ1v) is 8.36. The minimum absolute atomic E-state index is 0.0168. The fourth-order valence-electron chi connectivity index (χ4n) is 1.75. The molecule has 7 heteroatoms. The number of nitrogens with one attached hydrogen (secondary N) is 1. The Morgan fingerprint density at radius 3 is 2.90 bits per heavy atom. The van der Waals surface area contributed by atoms with E-state index < -0.39 is 0 Å². The minimum Gasteiger partial charge on any atom is -0.411 e. The van der Waals surface area contributed by atoms with E-state index >= 15 is 0 Å². The van der Waals surface area contributed by atoms with Gasteiger partial charge >= 0.3 is 0 Å². The SMILES string of the molecule is CC(Sc1nnc(-c2ccccc2Br)o1)C(=O)NC1CC1. The molecular formula is C14H14BrN3O2S. The first-order valence-electron chi connectivity index (χ1n) is 6.69. The van der Waals surface area contributed by atoms with Crippen LogP contribution < -0.4 is 5.32 Å². The second-order valence-electron chi connectivity index (χ2n) is 4.90. The van der Waals surface area contributed by atoms with Crippen LogP contribution in [0, 0.1) is 0 Å². The fourth-order valence-corrected chi connectivity index (χ4v) is 2.90. The number of hydrogen-bond acceptors (Lipinski definition) is 5. The highest BCUT2D eigenvalue weighted by molar-refractivity contribution is 9.10. The number of thioether (sulfide) groups is 1. The molecule has 1 unspecified atom stereocenters. The second kappa shape index (κ2) is 6.19. The Kier molecular flexibility index (Phi) is 4.30. The average molecular weight is 368 g/mol. The zero-order valence-electron chi connectivity index (χ0n) is 11.4. The molecule has 3 rings (SSSR count). The first-order chi connectivity index (χ1) is 10.1. The van der Waals surface area contributed by atoms with E-state index in [1.165, 1.54) is 11.8 Å². The van der Waals surface area contributed by atoms with Crippen molar-refractivity contribution in [2.45, 2.75) is 36.3 Å². The van der Waals surface area contributed by atoms with Crippen LogP contribution in [0.2, 0.25) is 0 Å². The van der Waals surface area contributed by atoms with Crippen molar-refractivity contribution in [3.63, 3.8) is 0 Å². The monoisotopic (exact) mass is 367 g/mol. The van der Waals surface area contributed by atoms with Crippen LogP contribution in [0.3, 0.4) is 0 Å². The number of carbonyl (C=O) groups is 1. The summed E-state index contributed by atoms with van der Waals surface area (Å²) in [6.07, 6.45) is 2.16. The van der Waals surface area contributed by atoms with Crippen molar-refractivity contribution in [2.24, 2.45) is 0 Å². The lowest BCUT2D eigenvalue weighted by molar-refractivity contribution is -0.120. The number of carbonyl (C=O) groups excluding carboxylic acids is 1. The molecule has 5 nitrogen and oxygen atoms in total. The molecule has 2 aromatic rings. The van der Waals surface area contributed by atoms with Crippen molar-refractivity contribution in [1.29, 1.82) is 0 Å². The third-order valence-electron chi connectivity index (χ3n) is 3.08. The smallest absolute Gasteiger partial charge is 0.277 e. The van der Waals surface area contributed by atoms with Gasteiger partial charge in [0.25, 0.3) is 5.22 Å². The van der Waals surface area contributed by atoms with Crippen molar-refractivity contribution >= 4 is 33.6 Å². The molecule has 1 fully saturated rings.